The lowest BCUT2D eigenvalue weighted by molar-refractivity contribution is -0.137. The van der Waals surface area contributed by atoms with Crippen LogP contribution in [0.4, 0.5) is 0 Å². The zero-order valence-electron chi connectivity index (χ0n) is 10.3. The number of carbonyl (C=O) groups excluding carboxylic acids is 2. The van der Waals surface area contributed by atoms with E-state index in [1.165, 1.54) is 26.4 Å². The fourth-order valence-corrected chi connectivity index (χ4v) is 1.97. The molecule has 0 fully saturated rings. The minimum Gasteiger partial charge on any atom is -0.493 e. The number of benzene rings is 1. The molecule has 0 bridgehead atoms. The second kappa shape index (κ2) is 6.39. The first kappa shape index (κ1) is 14.5. The van der Waals surface area contributed by atoms with E-state index in [1.54, 1.807) is 6.92 Å². The fourth-order valence-electron chi connectivity index (χ4n) is 1.36. The minimum atomic E-state index is -0.892. The van der Waals surface area contributed by atoms with E-state index in [1.807, 2.05) is 0 Å². The largest absolute Gasteiger partial charge is 0.493 e. The maximum Gasteiger partial charge on any atom is 0.379 e. The molecule has 6 heteroatoms. The van der Waals surface area contributed by atoms with Crippen LogP contribution >= 0.6 is 15.9 Å². The molecule has 0 saturated carbocycles. The summed E-state index contributed by atoms with van der Waals surface area (Å²) in [5.74, 6) is -0.799. The lowest BCUT2D eigenvalue weighted by Gasteiger charge is -2.11. The Kier molecular flexibility index (Phi) is 5.15. The van der Waals surface area contributed by atoms with Gasteiger partial charge in [0.1, 0.15) is 0 Å². The van der Waals surface area contributed by atoms with E-state index in [4.69, 9.17) is 9.47 Å². The van der Waals surface area contributed by atoms with Crippen LogP contribution in [-0.2, 0) is 9.53 Å². The van der Waals surface area contributed by atoms with Crippen LogP contribution in [0.2, 0.25) is 0 Å². The fraction of sp³-hybridized carbons (Fsp3) is 0.333. The van der Waals surface area contributed by atoms with Crippen molar-refractivity contribution in [3.05, 3.63) is 22.2 Å². The Morgan fingerprint density at radius 2 is 1.89 bits per heavy atom. The summed E-state index contributed by atoms with van der Waals surface area (Å²) in [7, 11) is 2.93. The van der Waals surface area contributed by atoms with Crippen molar-refractivity contribution in [1.29, 1.82) is 0 Å². The molecule has 0 aromatic heterocycles. The third-order valence-corrected chi connectivity index (χ3v) is 2.75. The van der Waals surface area contributed by atoms with Crippen molar-refractivity contribution >= 4 is 27.7 Å². The van der Waals surface area contributed by atoms with Crippen molar-refractivity contribution in [2.45, 2.75) is 6.92 Å². The molecule has 0 heterocycles. The van der Waals surface area contributed by atoms with Gasteiger partial charge >= 0.3 is 5.97 Å². The Hall–Kier alpha value is -1.56. The maximum absolute atomic E-state index is 11.8. The number of methoxy groups -OCH3 is 2. The summed E-state index contributed by atoms with van der Waals surface area (Å²) in [4.78, 5) is 23.1. The number of carbonyl (C=O) groups is 2. The van der Waals surface area contributed by atoms with Gasteiger partial charge in [0.15, 0.2) is 11.5 Å². The number of ether oxygens (including phenoxy) is 3. The topological polar surface area (TPSA) is 61.8 Å². The summed E-state index contributed by atoms with van der Waals surface area (Å²) in [5, 5.41) is 0. The third kappa shape index (κ3) is 3.01. The summed E-state index contributed by atoms with van der Waals surface area (Å²) < 4.78 is 15.4. The van der Waals surface area contributed by atoms with Crippen molar-refractivity contribution in [3.8, 4) is 11.5 Å². The molecule has 0 N–H and O–H groups in total. The Balaban J connectivity index is 3.15. The van der Waals surface area contributed by atoms with Gasteiger partial charge in [-0.1, -0.05) is 0 Å². The van der Waals surface area contributed by atoms with Gasteiger partial charge in [-0.2, -0.15) is 0 Å². The van der Waals surface area contributed by atoms with Crippen molar-refractivity contribution in [2.75, 3.05) is 20.8 Å². The summed E-state index contributed by atoms with van der Waals surface area (Å²) in [6, 6.07) is 2.92. The molecule has 0 aliphatic heterocycles. The van der Waals surface area contributed by atoms with E-state index in [0.29, 0.717) is 16.0 Å². The van der Waals surface area contributed by atoms with Crippen molar-refractivity contribution in [3.63, 3.8) is 0 Å². The zero-order chi connectivity index (χ0) is 13.7. The van der Waals surface area contributed by atoms with E-state index in [9.17, 15) is 9.59 Å². The lowest BCUT2D eigenvalue weighted by atomic mass is 10.1. The van der Waals surface area contributed by atoms with Gasteiger partial charge in [-0.3, -0.25) is 4.79 Å². The molecule has 1 rings (SSSR count). The van der Waals surface area contributed by atoms with Gasteiger partial charge in [-0.25, -0.2) is 4.79 Å². The van der Waals surface area contributed by atoms with E-state index in [0.717, 1.165) is 0 Å². The molecule has 98 valence electrons. The lowest BCUT2D eigenvalue weighted by Crippen LogP contribution is -2.17. The second-order valence-corrected chi connectivity index (χ2v) is 4.10. The predicted octanol–water partition coefficient (Wildman–Crippen LogP) is 2.21. The summed E-state index contributed by atoms with van der Waals surface area (Å²) in [5.41, 5.74) is 0.179. The second-order valence-electron chi connectivity index (χ2n) is 3.24. The van der Waals surface area contributed by atoms with E-state index in [-0.39, 0.29) is 12.2 Å². The standard InChI is InChI=1S/C12H13BrO5/c1-4-18-12(15)10(14)7-5-8(13)11(17-3)9(6-7)16-2/h5-6H,4H2,1-3H3. The highest BCUT2D eigenvalue weighted by Gasteiger charge is 2.21. The van der Waals surface area contributed by atoms with Gasteiger partial charge in [0.05, 0.1) is 25.3 Å². The molecule has 0 atom stereocenters. The minimum absolute atomic E-state index is 0.152. The Labute approximate surface area is 113 Å². The van der Waals surface area contributed by atoms with E-state index < -0.39 is 11.8 Å². The molecule has 0 saturated heterocycles. The normalized spacial score (nSPS) is 9.78. The Bertz CT molecular complexity index is 470. The van der Waals surface area contributed by atoms with Crippen molar-refractivity contribution in [1.82, 2.24) is 0 Å². The number of hydrogen-bond acceptors (Lipinski definition) is 5. The monoisotopic (exact) mass is 316 g/mol. The molecule has 1 aromatic rings. The maximum atomic E-state index is 11.8. The highest BCUT2D eigenvalue weighted by atomic mass is 79.9. The summed E-state index contributed by atoms with van der Waals surface area (Å²) >= 11 is 3.25. The number of halogens is 1. The highest BCUT2D eigenvalue weighted by Crippen LogP contribution is 2.36. The smallest absolute Gasteiger partial charge is 0.379 e. The van der Waals surface area contributed by atoms with Crippen LogP contribution in [0, 0.1) is 0 Å². The molecule has 0 spiro atoms. The van der Waals surface area contributed by atoms with Crippen LogP contribution in [0.5, 0.6) is 11.5 Å². The molecular weight excluding hydrogens is 304 g/mol. The van der Waals surface area contributed by atoms with Crippen LogP contribution in [0.15, 0.2) is 16.6 Å². The molecule has 0 aliphatic rings. The number of hydrogen-bond donors (Lipinski definition) is 0. The first-order chi connectivity index (χ1) is 8.54. The number of esters is 1. The first-order valence-electron chi connectivity index (χ1n) is 5.18. The molecule has 18 heavy (non-hydrogen) atoms. The summed E-state index contributed by atoms with van der Waals surface area (Å²) in [6.07, 6.45) is 0. The molecule has 0 aliphatic carbocycles. The van der Waals surface area contributed by atoms with Gasteiger partial charge in [-0.05, 0) is 35.0 Å². The van der Waals surface area contributed by atoms with E-state index >= 15 is 0 Å². The van der Waals surface area contributed by atoms with Gasteiger partial charge in [0.25, 0.3) is 5.78 Å². The average molecular weight is 317 g/mol. The van der Waals surface area contributed by atoms with Crippen LogP contribution in [0.25, 0.3) is 0 Å². The van der Waals surface area contributed by atoms with Crippen LogP contribution < -0.4 is 9.47 Å². The van der Waals surface area contributed by atoms with Crippen LogP contribution in [0.1, 0.15) is 17.3 Å². The molecular formula is C12H13BrO5. The van der Waals surface area contributed by atoms with Gasteiger partial charge in [-0.15, -0.1) is 0 Å². The zero-order valence-corrected chi connectivity index (χ0v) is 11.9. The molecule has 5 nitrogen and oxygen atoms in total. The summed E-state index contributed by atoms with van der Waals surface area (Å²) in [6.45, 7) is 1.79. The van der Waals surface area contributed by atoms with Crippen LogP contribution in [0.3, 0.4) is 0 Å². The van der Waals surface area contributed by atoms with E-state index in [2.05, 4.69) is 20.7 Å². The molecule has 1 aromatic carbocycles. The quantitative estimate of drug-likeness (QED) is 0.473. The number of ketones is 1. The average Bonchev–Trinajstić information content (AvgIpc) is 2.36. The number of Topliss-reactive ketones (excluding diaryl/α,β-unsaturated/α-hetero) is 1. The molecule has 0 unspecified atom stereocenters. The third-order valence-electron chi connectivity index (χ3n) is 2.16. The Morgan fingerprint density at radius 1 is 1.22 bits per heavy atom. The van der Waals surface area contributed by atoms with Crippen molar-refractivity contribution < 1.29 is 23.8 Å². The van der Waals surface area contributed by atoms with Crippen molar-refractivity contribution in [2.24, 2.45) is 0 Å². The predicted molar refractivity (Wildman–Crippen MR) is 68.2 cm³/mol. The highest BCUT2D eigenvalue weighted by molar-refractivity contribution is 9.10. The van der Waals surface area contributed by atoms with Gasteiger partial charge in [0.2, 0.25) is 0 Å². The van der Waals surface area contributed by atoms with Gasteiger partial charge in [0, 0.05) is 5.56 Å². The number of rotatable bonds is 5. The van der Waals surface area contributed by atoms with Gasteiger partial charge < -0.3 is 14.2 Å². The SMILES string of the molecule is CCOC(=O)C(=O)c1cc(Br)c(OC)c(OC)c1. The van der Waals surface area contributed by atoms with Crippen LogP contribution in [-0.4, -0.2) is 32.6 Å². The first-order valence-corrected chi connectivity index (χ1v) is 5.97. The Morgan fingerprint density at radius 3 is 2.39 bits per heavy atom. The molecule has 0 radical (unpaired) electrons. The molecule has 0 amide bonds.